The molecule has 2 bridgehead atoms. The Morgan fingerprint density at radius 1 is 1.12 bits per heavy atom. The zero-order valence-corrected chi connectivity index (χ0v) is 14.5. The van der Waals surface area contributed by atoms with Crippen LogP contribution in [0.2, 0.25) is 0 Å². The number of aliphatic imine (C=N–C) groups is 1. The van der Waals surface area contributed by atoms with E-state index in [9.17, 15) is 5.11 Å². The van der Waals surface area contributed by atoms with Crippen molar-refractivity contribution in [1.82, 2.24) is 4.90 Å². The Hall–Kier alpha value is -2.17. The van der Waals surface area contributed by atoms with Gasteiger partial charge in [-0.1, -0.05) is 42.5 Å². The van der Waals surface area contributed by atoms with Crippen molar-refractivity contribution < 1.29 is 9.84 Å². The molecule has 0 unspecified atom stereocenters. The van der Waals surface area contributed by atoms with Crippen LogP contribution in [-0.2, 0) is 0 Å². The highest BCUT2D eigenvalue weighted by atomic mass is 16.5. The Morgan fingerprint density at radius 2 is 1.88 bits per heavy atom. The van der Waals surface area contributed by atoms with Crippen molar-refractivity contribution >= 4 is 5.71 Å². The number of nitrogens with zero attached hydrogens (tertiary/aromatic N) is 2. The maximum atomic E-state index is 10.1. The van der Waals surface area contributed by atoms with Crippen LogP contribution in [0.1, 0.15) is 36.4 Å². The molecule has 2 heterocycles. The molecule has 4 nitrogen and oxygen atoms in total. The predicted octanol–water partition coefficient (Wildman–Crippen LogP) is 3.41. The van der Waals surface area contributed by atoms with Crippen LogP contribution in [0.25, 0.3) is 0 Å². The summed E-state index contributed by atoms with van der Waals surface area (Å²) < 4.78 is 5.56. The van der Waals surface area contributed by atoms with Crippen LogP contribution in [0.4, 0.5) is 0 Å². The van der Waals surface area contributed by atoms with Crippen LogP contribution in [0, 0.1) is 0 Å². The molecule has 0 amide bonds. The van der Waals surface area contributed by atoms with E-state index in [2.05, 4.69) is 23.1 Å². The first-order chi connectivity index (χ1) is 12.3. The van der Waals surface area contributed by atoms with Gasteiger partial charge in [0, 0.05) is 5.56 Å². The molecule has 0 radical (unpaired) electrons. The summed E-state index contributed by atoms with van der Waals surface area (Å²) in [5.74, 6) is 0.869. The lowest BCUT2D eigenvalue weighted by atomic mass is 9.92. The number of aliphatic hydroxyl groups is 1. The average molecular weight is 336 g/mol. The first-order valence-corrected chi connectivity index (χ1v) is 8.98. The number of methoxy groups -OCH3 is 1. The number of hydrogen-bond acceptors (Lipinski definition) is 4. The molecule has 0 saturated carbocycles. The fourth-order valence-electron chi connectivity index (χ4n) is 4.23. The lowest BCUT2D eigenvalue weighted by Gasteiger charge is -2.39. The van der Waals surface area contributed by atoms with Crippen molar-refractivity contribution in [2.75, 3.05) is 13.7 Å². The van der Waals surface area contributed by atoms with Gasteiger partial charge in [0.25, 0.3) is 0 Å². The van der Waals surface area contributed by atoms with E-state index in [1.807, 2.05) is 36.4 Å². The summed E-state index contributed by atoms with van der Waals surface area (Å²) in [7, 11) is 1.71. The monoisotopic (exact) mass is 336 g/mol. The van der Waals surface area contributed by atoms with Crippen molar-refractivity contribution in [3.05, 3.63) is 65.7 Å². The van der Waals surface area contributed by atoms with E-state index in [1.54, 1.807) is 7.11 Å². The summed E-state index contributed by atoms with van der Waals surface area (Å²) in [6, 6.07) is 18.6. The number of piperidine rings is 1. The van der Waals surface area contributed by atoms with Gasteiger partial charge in [0.05, 0.1) is 31.5 Å². The number of para-hydroxylation sites is 1. The minimum atomic E-state index is -0.0209. The number of fused-ring (bicyclic) bond motifs is 2. The summed E-state index contributed by atoms with van der Waals surface area (Å²) in [5, 5.41) is 10.1. The van der Waals surface area contributed by atoms with Crippen molar-refractivity contribution in [3.8, 4) is 5.75 Å². The van der Waals surface area contributed by atoms with Gasteiger partial charge < -0.3 is 9.84 Å². The first kappa shape index (κ1) is 16.3. The molecule has 4 rings (SSSR count). The van der Waals surface area contributed by atoms with E-state index in [0.29, 0.717) is 0 Å². The molecule has 0 spiro atoms. The quantitative estimate of drug-likeness (QED) is 0.910. The number of rotatable bonds is 5. The molecule has 0 aromatic heterocycles. The second-order valence-electron chi connectivity index (χ2n) is 6.70. The topological polar surface area (TPSA) is 45.1 Å². The molecule has 1 N–H and O–H groups in total. The van der Waals surface area contributed by atoms with Gasteiger partial charge in [-0.05, 0) is 37.0 Å². The molecular formula is C21H24N2O2. The zero-order chi connectivity index (χ0) is 17.2. The minimum Gasteiger partial charge on any atom is -0.496 e. The largest absolute Gasteiger partial charge is 0.496 e. The SMILES string of the molecule is COc1ccccc1C1=N[C@H]2CCC[C@@H]1N2[C@@H](CO)c1ccccc1. The fraction of sp³-hybridized carbons (Fsp3) is 0.381. The third-order valence-electron chi connectivity index (χ3n) is 5.35. The lowest BCUT2D eigenvalue weighted by Crippen LogP contribution is -2.46. The van der Waals surface area contributed by atoms with Crippen LogP contribution >= 0.6 is 0 Å². The van der Waals surface area contributed by atoms with Crippen LogP contribution in [0.3, 0.4) is 0 Å². The van der Waals surface area contributed by atoms with Crippen LogP contribution < -0.4 is 4.74 Å². The number of aliphatic hydroxyl groups excluding tert-OH is 1. The van der Waals surface area contributed by atoms with Crippen LogP contribution in [0.15, 0.2) is 59.6 Å². The minimum absolute atomic E-state index is 0.0209. The number of benzene rings is 2. The summed E-state index contributed by atoms with van der Waals surface area (Å²) in [4.78, 5) is 7.46. The highest BCUT2D eigenvalue weighted by Crippen LogP contribution is 2.40. The van der Waals surface area contributed by atoms with E-state index in [4.69, 9.17) is 9.73 Å². The Balaban J connectivity index is 1.71. The van der Waals surface area contributed by atoms with Gasteiger partial charge in [0.2, 0.25) is 0 Å². The van der Waals surface area contributed by atoms with E-state index in [1.165, 1.54) is 6.42 Å². The van der Waals surface area contributed by atoms with E-state index in [0.717, 1.165) is 35.4 Å². The number of hydrogen-bond donors (Lipinski definition) is 1. The molecular weight excluding hydrogens is 312 g/mol. The summed E-state index contributed by atoms with van der Waals surface area (Å²) >= 11 is 0. The van der Waals surface area contributed by atoms with Crippen LogP contribution in [0.5, 0.6) is 5.75 Å². The highest BCUT2D eigenvalue weighted by molar-refractivity contribution is 6.07. The van der Waals surface area contributed by atoms with Gasteiger partial charge in [0.1, 0.15) is 11.9 Å². The Kier molecular flexibility index (Phi) is 4.55. The molecule has 1 fully saturated rings. The first-order valence-electron chi connectivity index (χ1n) is 8.98. The third-order valence-corrected chi connectivity index (χ3v) is 5.35. The maximum Gasteiger partial charge on any atom is 0.127 e. The van der Waals surface area contributed by atoms with Gasteiger partial charge in [-0.15, -0.1) is 0 Å². The lowest BCUT2D eigenvalue weighted by molar-refractivity contribution is 0.0533. The number of ether oxygens (including phenoxy) is 1. The van der Waals surface area contributed by atoms with Crippen molar-refractivity contribution in [3.63, 3.8) is 0 Å². The van der Waals surface area contributed by atoms with Gasteiger partial charge >= 0.3 is 0 Å². The van der Waals surface area contributed by atoms with E-state index in [-0.39, 0.29) is 24.9 Å². The van der Waals surface area contributed by atoms with Crippen molar-refractivity contribution in [2.24, 2.45) is 4.99 Å². The van der Waals surface area contributed by atoms with E-state index < -0.39 is 0 Å². The third kappa shape index (κ3) is 2.86. The zero-order valence-electron chi connectivity index (χ0n) is 14.5. The maximum absolute atomic E-state index is 10.1. The molecule has 2 aromatic rings. The van der Waals surface area contributed by atoms with Crippen molar-refractivity contribution in [2.45, 2.75) is 37.5 Å². The fourth-order valence-corrected chi connectivity index (χ4v) is 4.23. The van der Waals surface area contributed by atoms with E-state index >= 15 is 0 Å². The average Bonchev–Trinajstić information content (AvgIpc) is 2.88. The van der Waals surface area contributed by atoms with Crippen molar-refractivity contribution in [1.29, 1.82) is 0 Å². The Bertz CT molecular complexity index is 760. The molecule has 130 valence electrons. The standard InChI is InChI=1S/C21H24N2O2/c1-25-19-12-6-5-10-16(19)21-17-11-7-13-20(22-21)23(17)18(14-24)15-8-3-2-4-9-15/h2-6,8-10,12,17-18,20,24H,7,11,13-14H2,1H3/t17-,18-,20+/m0/s1. The predicted molar refractivity (Wildman–Crippen MR) is 99.1 cm³/mol. The molecule has 2 aliphatic heterocycles. The highest BCUT2D eigenvalue weighted by Gasteiger charge is 2.44. The van der Waals surface area contributed by atoms with Gasteiger partial charge in [-0.25, -0.2) is 0 Å². The Morgan fingerprint density at radius 3 is 2.64 bits per heavy atom. The molecule has 2 aromatic carbocycles. The summed E-state index contributed by atoms with van der Waals surface area (Å²) in [6.45, 7) is 0.103. The normalized spacial score (nSPS) is 24.0. The second kappa shape index (κ2) is 6.98. The second-order valence-corrected chi connectivity index (χ2v) is 6.70. The smallest absolute Gasteiger partial charge is 0.127 e. The molecule has 25 heavy (non-hydrogen) atoms. The van der Waals surface area contributed by atoms with Crippen LogP contribution in [-0.4, -0.2) is 41.6 Å². The molecule has 0 aliphatic carbocycles. The summed E-state index contributed by atoms with van der Waals surface area (Å²) in [5.41, 5.74) is 3.34. The summed E-state index contributed by atoms with van der Waals surface area (Å²) in [6.07, 6.45) is 3.41. The molecule has 1 saturated heterocycles. The molecule has 3 atom stereocenters. The van der Waals surface area contributed by atoms with Gasteiger partial charge in [-0.3, -0.25) is 9.89 Å². The van der Waals surface area contributed by atoms with Gasteiger partial charge in [0.15, 0.2) is 0 Å². The Labute approximate surface area is 148 Å². The molecule has 4 heteroatoms. The van der Waals surface area contributed by atoms with Gasteiger partial charge in [-0.2, -0.15) is 0 Å². The molecule has 2 aliphatic rings.